The van der Waals surface area contributed by atoms with Crippen LogP contribution in [0.15, 0.2) is 0 Å². The number of hydrogen-bond acceptors (Lipinski definition) is 1. The van der Waals surface area contributed by atoms with Gasteiger partial charge in [-0.3, -0.25) is 0 Å². The zero-order valence-corrected chi connectivity index (χ0v) is 4.36. The van der Waals surface area contributed by atoms with Crippen LogP contribution in [-0.2, 0) is 4.79 Å². The van der Waals surface area contributed by atoms with Crippen molar-refractivity contribution in [2.45, 2.75) is 6.92 Å². The zero-order chi connectivity index (χ0) is 2.71. The number of carbonyl (C=O) groups excluding carboxylic acids is 1. The summed E-state index contributed by atoms with van der Waals surface area (Å²) in [6.45, 7) is 1.44. The average molecular weight is 175 g/mol. The molecule has 0 saturated heterocycles. The van der Waals surface area contributed by atoms with Crippen LogP contribution in [0.3, 0.4) is 0 Å². The Morgan fingerprint density at radius 2 is 1.75 bits per heavy atom. The van der Waals surface area contributed by atoms with Gasteiger partial charge in [-0.25, -0.2) is 0 Å². The van der Waals surface area contributed by atoms with E-state index in [2.05, 4.69) is 0 Å². The molecular formula is C2H4OXe. The monoisotopic (exact) mass is 176 g/mol. The summed E-state index contributed by atoms with van der Waals surface area (Å²) in [7, 11) is 0. The van der Waals surface area contributed by atoms with E-state index in [0.717, 1.165) is 6.29 Å². The summed E-state index contributed by atoms with van der Waals surface area (Å²) in [5, 5.41) is 0. The fraction of sp³-hybridized carbons (Fsp3) is 0.500. The summed E-state index contributed by atoms with van der Waals surface area (Å²) in [5.74, 6) is 0. The predicted molar refractivity (Wildman–Crippen MR) is 11.7 cm³/mol. The minimum atomic E-state index is 0. The van der Waals surface area contributed by atoms with Crippen molar-refractivity contribution in [3.63, 3.8) is 0 Å². The van der Waals surface area contributed by atoms with Crippen LogP contribution < -0.4 is 0 Å². The third-order valence-electron chi connectivity index (χ3n) is 0. The molecule has 0 aliphatic heterocycles. The van der Waals surface area contributed by atoms with Crippen molar-refractivity contribution in [1.82, 2.24) is 0 Å². The molecular weight excluding hydrogens is 171 g/mol. The third-order valence-corrected chi connectivity index (χ3v) is 0. The molecule has 0 aromatic carbocycles. The van der Waals surface area contributed by atoms with Crippen molar-refractivity contribution < 1.29 is 53.7 Å². The second-order valence-electron chi connectivity index (χ2n) is 0.236. The first-order valence-electron chi connectivity index (χ1n) is 0.813. The topological polar surface area (TPSA) is 17.1 Å². The molecule has 0 atom stereocenters. The smallest absolute Gasteiger partial charge is 0.116 e. The molecule has 0 radical (unpaired) electrons. The minimum absolute atomic E-state index is 0. The van der Waals surface area contributed by atoms with E-state index in [1.165, 1.54) is 6.92 Å². The molecule has 2 heteroatoms. The van der Waals surface area contributed by atoms with E-state index in [4.69, 9.17) is 4.79 Å². The molecule has 0 aromatic rings. The molecule has 0 amide bonds. The van der Waals surface area contributed by atoms with Crippen LogP contribution in [0.5, 0.6) is 0 Å². The number of aldehydes is 1. The van der Waals surface area contributed by atoms with Gasteiger partial charge in [-0.1, -0.05) is 0 Å². The van der Waals surface area contributed by atoms with E-state index in [-0.39, 0.29) is 48.9 Å². The van der Waals surface area contributed by atoms with Crippen molar-refractivity contribution in [2.24, 2.45) is 0 Å². The summed E-state index contributed by atoms with van der Waals surface area (Å²) in [4.78, 5) is 8.81. The van der Waals surface area contributed by atoms with Gasteiger partial charge in [0.15, 0.2) is 0 Å². The van der Waals surface area contributed by atoms with Crippen LogP contribution in [0, 0.1) is 48.9 Å². The molecule has 0 bridgehead atoms. The van der Waals surface area contributed by atoms with Crippen molar-refractivity contribution >= 4 is 6.29 Å². The second-order valence-corrected chi connectivity index (χ2v) is 0.236. The molecule has 4 heavy (non-hydrogen) atoms. The molecule has 0 heterocycles. The molecule has 0 unspecified atom stereocenters. The van der Waals surface area contributed by atoms with E-state index in [1.807, 2.05) is 0 Å². The standard InChI is InChI=1S/C2H4O.Xe/c1-2-3;/h2H,1H3;. The third kappa shape index (κ3) is 10.6. The first-order valence-corrected chi connectivity index (χ1v) is 0.813. The van der Waals surface area contributed by atoms with E-state index >= 15 is 0 Å². The van der Waals surface area contributed by atoms with Gasteiger partial charge in [-0.05, 0) is 6.92 Å². The second kappa shape index (κ2) is 8.87. The molecule has 0 aromatic heterocycles. The van der Waals surface area contributed by atoms with Gasteiger partial charge in [-0.15, -0.1) is 0 Å². The first kappa shape index (κ1) is 8.97. The number of rotatable bonds is 0. The van der Waals surface area contributed by atoms with Crippen LogP contribution in [0.1, 0.15) is 6.92 Å². The molecule has 1 nitrogen and oxygen atoms in total. The fourth-order valence-electron chi connectivity index (χ4n) is 0. The van der Waals surface area contributed by atoms with Gasteiger partial charge >= 0.3 is 0 Å². The maximum atomic E-state index is 8.81. The Morgan fingerprint density at radius 3 is 1.75 bits per heavy atom. The van der Waals surface area contributed by atoms with Gasteiger partial charge in [-0.2, -0.15) is 0 Å². The van der Waals surface area contributed by atoms with Crippen molar-refractivity contribution in [3.05, 3.63) is 0 Å². The van der Waals surface area contributed by atoms with Crippen molar-refractivity contribution in [3.8, 4) is 0 Å². The van der Waals surface area contributed by atoms with Gasteiger partial charge in [0.2, 0.25) is 0 Å². The van der Waals surface area contributed by atoms with Crippen molar-refractivity contribution in [1.29, 1.82) is 0 Å². The maximum absolute atomic E-state index is 8.81. The van der Waals surface area contributed by atoms with E-state index in [0.29, 0.717) is 0 Å². The molecule has 26 valence electrons. The predicted octanol–water partition coefficient (Wildman–Crippen LogP) is 0.205. The van der Waals surface area contributed by atoms with Crippen LogP contribution in [0.4, 0.5) is 0 Å². The fourth-order valence-corrected chi connectivity index (χ4v) is 0. The summed E-state index contributed by atoms with van der Waals surface area (Å²) in [6, 6.07) is 0. The van der Waals surface area contributed by atoms with Gasteiger partial charge in [0.05, 0.1) is 0 Å². The largest absolute Gasteiger partial charge is 0.304 e. The molecule has 0 aliphatic rings. The zero-order valence-electron chi connectivity index (χ0n) is 2.34. The summed E-state index contributed by atoms with van der Waals surface area (Å²) in [6.07, 6.45) is 0.750. The SMILES string of the molecule is CC=O.[Xe]. The normalized spacial score (nSPS) is 3.25. The van der Waals surface area contributed by atoms with Crippen LogP contribution in [0.25, 0.3) is 0 Å². The Bertz CT molecular complexity index is 13.5. The summed E-state index contributed by atoms with van der Waals surface area (Å²) in [5.41, 5.74) is 0. The number of hydrogen-bond donors (Lipinski definition) is 0. The van der Waals surface area contributed by atoms with Crippen LogP contribution in [-0.4, -0.2) is 6.29 Å². The Labute approximate surface area is 65.8 Å². The quantitative estimate of drug-likeness (QED) is 0.481. The van der Waals surface area contributed by atoms with Gasteiger partial charge in [0.1, 0.15) is 6.29 Å². The van der Waals surface area contributed by atoms with Gasteiger partial charge in [0, 0.05) is 48.9 Å². The first-order chi connectivity index (χ1) is 1.41. The summed E-state index contributed by atoms with van der Waals surface area (Å²) < 4.78 is 0. The van der Waals surface area contributed by atoms with Crippen LogP contribution in [0.2, 0.25) is 0 Å². The molecule has 0 aliphatic carbocycles. The molecule has 0 saturated carbocycles. The van der Waals surface area contributed by atoms with Gasteiger partial charge < -0.3 is 4.79 Å². The Morgan fingerprint density at radius 1 is 1.75 bits per heavy atom. The molecule has 0 N–H and O–H groups in total. The van der Waals surface area contributed by atoms with E-state index in [9.17, 15) is 0 Å². The van der Waals surface area contributed by atoms with Crippen molar-refractivity contribution in [2.75, 3.05) is 0 Å². The Hall–Kier alpha value is 1.24. The molecule has 0 fully saturated rings. The summed E-state index contributed by atoms with van der Waals surface area (Å²) >= 11 is 0. The van der Waals surface area contributed by atoms with Gasteiger partial charge in [0.25, 0.3) is 0 Å². The minimum Gasteiger partial charge on any atom is -0.304 e. The van der Waals surface area contributed by atoms with E-state index in [1.54, 1.807) is 0 Å². The van der Waals surface area contributed by atoms with Crippen LogP contribution >= 0.6 is 0 Å². The molecule has 0 rings (SSSR count). The maximum Gasteiger partial charge on any atom is 0.116 e. The Kier molecular flexibility index (Phi) is 19.9. The average Bonchev–Trinajstić information content (AvgIpc) is 0.918. The number of carbonyl (C=O) groups is 1. The Balaban J connectivity index is 0. The molecule has 0 spiro atoms. The van der Waals surface area contributed by atoms with E-state index < -0.39 is 0 Å².